The average molecular weight is 309 g/mol. The number of thiazole rings is 1. The zero-order chi connectivity index (χ0) is 14.8. The number of nitrogens with zero attached hydrogens (tertiary/aromatic N) is 4. The summed E-state index contributed by atoms with van der Waals surface area (Å²) in [6, 6.07) is 15.7. The van der Waals surface area contributed by atoms with Crippen molar-refractivity contribution in [1.29, 1.82) is 0 Å². The van der Waals surface area contributed by atoms with Crippen LogP contribution in [0.3, 0.4) is 0 Å². The summed E-state index contributed by atoms with van der Waals surface area (Å²) in [5.74, 6) is 1.35. The zero-order valence-corrected chi connectivity index (χ0v) is 12.2. The van der Waals surface area contributed by atoms with Gasteiger partial charge in [0, 0.05) is 5.56 Å². The summed E-state index contributed by atoms with van der Waals surface area (Å²) >= 11 is 1.65. The number of para-hydroxylation sites is 1. The van der Waals surface area contributed by atoms with Crippen molar-refractivity contribution in [3.8, 4) is 17.1 Å². The van der Waals surface area contributed by atoms with Gasteiger partial charge in [0.05, 0.1) is 10.2 Å². The van der Waals surface area contributed by atoms with Crippen LogP contribution in [0.5, 0.6) is 5.75 Å². The fourth-order valence-electron chi connectivity index (χ4n) is 2.11. The van der Waals surface area contributed by atoms with Gasteiger partial charge >= 0.3 is 0 Å². The van der Waals surface area contributed by atoms with Gasteiger partial charge in [0.2, 0.25) is 5.82 Å². The molecular weight excluding hydrogens is 298 g/mol. The third-order valence-electron chi connectivity index (χ3n) is 3.16. The molecule has 2 aromatic carbocycles. The molecule has 0 spiro atoms. The number of nitrogens with one attached hydrogen (secondary N) is 1. The summed E-state index contributed by atoms with van der Waals surface area (Å²) in [5.41, 5.74) is 1.90. The lowest BCUT2D eigenvalue weighted by atomic mass is 10.2. The second-order valence-corrected chi connectivity index (χ2v) is 5.74. The van der Waals surface area contributed by atoms with Crippen LogP contribution in [-0.2, 0) is 6.61 Å². The number of benzene rings is 2. The van der Waals surface area contributed by atoms with E-state index in [-0.39, 0.29) is 0 Å². The van der Waals surface area contributed by atoms with Crippen molar-refractivity contribution >= 4 is 21.6 Å². The van der Waals surface area contributed by atoms with Gasteiger partial charge < -0.3 is 4.74 Å². The molecule has 2 aromatic heterocycles. The summed E-state index contributed by atoms with van der Waals surface area (Å²) in [5, 5.41) is 14.8. The largest absolute Gasteiger partial charge is 0.486 e. The molecule has 0 aliphatic heterocycles. The van der Waals surface area contributed by atoms with Gasteiger partial charge in [-0.25, -0.2) is 4.98 Å². The van der Waals surface area contributed by atoms with Gasteiger partial charge in [-0.2, -0.15) is 5.21 Å². The fourth-order valence-corrected chi connectivity index (χ4v) is 2.99. The molecular formula is C15H11N5OS. The Morgan fingerprint density at radius 3 is 2.68 bits per heavy atom. The van der Waals surface area contributed by atoms with Crippen LogP contribution in [0.4, 0.5) is 0 Å². The van der Waals surface area contributed by atoms with Crippen LogP contribution in [0.1, 0.15) is 5.01 Å². The molecule has 0 amide bonds. The Bertz CT molecular complexity index is 853. The molecule has 0 saturated carbocycles. The molecule has 0 atom stereocenters. The highest BCUT2D eigenvalue weighted by molar-refractivity contribution is 7.18. The number of aromatic nitrogens is 5. The molecule has 0 radical (unpaired) electrons. The van der Waals surface area contributed by atoms with E-state index >= 15 is 0 Å². The van der Waals surface area contributed by atoms with Gasteiger partial charge in [-0.3, -0.25) is 0 Å². The molecule has 22 heavy (non-hydrogen) atoms. The third kappa shape index (κ3) is 2.53. The van der Waals surface area contributed by atoms with Crippen LogP contribution < -0.4 is 4.74 Å². The van der Waals surface area contributed by atoms with Crippen LogP contribution in [0, 0.1) is 0 Å². The van der Waals surface area contributed by atoms with Gasteiger partial charge in [0.1, 0.15) is 17.4 Å². The number of rotatable bonds is 4. The number of H-pyrrole nitrogens is 1. The highest BCUT2D eigenvalue weighted by Crippen LogP contribution is 2.24. The van der Waals surface area contributed by atoms with Gasteiger partial charge in [-0.05, 0) is 41.6 Å². The Morgan fingerprint density at radius 1 is 1.05 bits per heavy atom. The Balaban J connectivity index is 1.47. The van der Waals surface area contributed by atoms with Crippen molar-refractivity contribution < 1.29 is 4.74 Å². The van der Waals surface area contributed by atoms with E-state index in [9.17, 15) is 0 Å². The van der Waals surface area contributed by atoms with Crippen LogP contribution >= 0.6 is 11.3 Å². The molecule has 0 fully saturated rings. The van der Waals surface area contributed by atoms with E-state index in [0.717, 1.165) is 21.8 Å². The lowest BCUT2D eigenvalue weighted by Crippen LogP contribution is -1.94. The van der Waals surface area contributed by atoms with Crippen molar-refractivity contribution in [3.63, 3.8) is 0 Å². The van der Waals surface area contributed by atoms with Crippen molar-refractivity contribution in [1.82, 2.24) is 25.6 Å². The van der Waals surface area contributed by atoms with Crippen molar-refractivity contribution in [2.75, 3.05) is 0 Å². The summed E-state index contributed by atoms with van der Waals surface area (Å²) < 4.78 is 6.95. The zero-order valence-electron chi connectivity index (χ0n) is 11.4. The highest BCUT2D eigenvalue weighted by atomic mass is 32.1. The SMILES string of the molecule is c1ccc2sc(COc3ccc(-c4nn[nH]n4)cc3)nc2c1. The van der Waals surface area contributed by atoms with E-state index in [0.29, 0.717) is 12.4 Å². The number of aromatic amines is 1. The first kappa shape index (κ1) is 12.9. The summed E-state index contributed by atoms with van der Waals surface area (Å²) in [6.45, 7) is 0.459. The minimum Gasteiger partial charge on any atom is -0.486 e. The molecule has 0 bridgehead atoms. The van der Waals surface area contributed by atoms with Crippen LogP contribution in [-0.4, -0.2) is 25.6 Å². The van der Waals surface area contributed by atoms with Crippen LogP contribution in [0.25, 0.3) is 21.6 Å². The van der Waals surface area contributed by atoms with E-state index in [1.165, 1.54) is 4.70 Å². The number of fused-ring (bicyclic) bond motifs is 1. The summed E-state index contributed by atoms with van der Waals surface area (Å²) in [6.07, 6.45) is 0. The Labute approximate surface area is 129 Å². The number of tetrazole rings is 1. The number of hydrogen-bond acceptors (Lipinski definition) is 6. The molecule has 1 N–H and O–H groups in total. The minimum absolute atomic E-state index is 0.459. The Morgan fingerprint density at radius 2 is 1.91 bits per heavy atom. The molecule has 4 rings (SSSR count). The van der Waals surface area contributed by atoms with E-state index in [1.807, 2.05) is 42.5 Å². The molecule has 0 aliphatic rings. The molecule has 7 heteroatoms. The maximum Gasteiger partial charge on any atom is 0.204 e. The minimum atomic E-state index is 0.459. The number of hydrogen-bond donors (Lipinski definition) is 1. The predicted molar refractivity (Wildman–Crippen MR) is 83.6 cm³/mol. The average Bonchev–Trinajstić information content (AvgIpc) is 3.22. The molecule has 0 aliphatic carbocycles. The molecule has 108 valence electrons. The quantitative estimate of drug-likeness (QED) is 0.627. The second-order valence-electron chi connectivity index (χ2n) is 4.62. The topological polar surface area (TPSA) is 76.6 Å². The molecule has 0 unspecified atom stereocenters. The van der Waals surface area contributed by atoms with Gasteiger partial charge in [-0.15, -0.1) is 21.5 Å². The van der Waals surface area contributed by atoms with Gasteiger partial charge in [0.25, 0.3) is 0 Å². The lowest BCUT2D eigenvalue weighted by Gasteiger charge is -2.04. The normalized spacial score (nSPS) is 10.9. The molecule has 6 nitrogen and oxygen atoms in total. The van der Waals surface area contributed by atoms with Crippen molar-refractivity contribution in [2.45, 2.75) is 6.61 Å². The van der Waals surface area contributed by atoms with E-state index in [2.05, 4.69) is 31.7 Å². The Hall–Kier alpha value is -2.80. The van der Waals surface area contributed by atoms with Gasteiger partial charge in [0.15, 0.2) is 0 Å². The maximum atomic E-state index is 5.78. The number of ether oxygens (including phenoxy) is 1. The summed E-state index contributed by atoms with van der Waals surface area (Å²) in [4.78, 5) is 4.55. The summed E-state index contributed by atoms with van der Waals surface area (Å²) in [7, 11) is 0. The van der Waals surface area contributed by atoms with E-state index in [4.69, 9.17) is 4.74 Å². The van der Waals surface area contributed by atoms with Crippen LogP contribution in [0.2, 0.25) is 0 Å². The monoisotopic (exact) mass is 309 g/mol. The van der Waals surface area contributed by atoms with Crippen molar-refractivity contribution in [3.05, 3.63) is 53.5 Å². The lowest BCUT2D eigenvalue weighted by molar-refractivity contribution is 0.306. The predicted octanol–water partition coefficient (Wildman–Crippen LogP) is 3.06. The smallest absolute Gasteiger partial charge is 0.204 e. The van der Waals surface area contributed by atoms with Crippen LogP contribution in [0.15, 0.2) is 48.5 Å². The molecule has 2 heterocycles. The first-order valence-electron chi connectivity index (χ1n) is 6.69. The fraction of sp³-hybridized carbons (Fsp3) is 0.0667. The third-order valence-corrected chi connectivity index (χ3v) is 4.17. The maximum absolute atomic E-state index is 5.78. The van der Waals surface area contributed by atoms with Gasteiger partial charge in [-0.1, -0.05) is 12.1 Å². The van der Waals surface area contributed by atoms with Crippen molar-refractivity contribution in [2.24, 2.45) is 0 Å². The Kier molecular flexibility index (Phi) is 3.24. The molecule has 0 saturated heterocycles. The first-order chi connectivity index (χ1) is 10.9. The standard InChI is InChI=1S/C15H11N5OS/c1-2-4-13-12(3-1)16-14(22-13)9-21-11-7-5-10(6-8-11)15-17-19-20-18-15/h1-8H,9H2,(H,17,18,19,20). The molecule has 4 aromatic rings. The highest BCUT2D eigenvalue weighted by Gasteiger charge is 2.05. The first-order valence-corrected chi connectivity index (χ1v) is 7.51. The van der Waals surface area contributed by atoms with E-state index < -0.39 is 0 Å². The van der Waals surface area contributed by atoms with E-state index in [1.54, 1.807) is 11.3 Å². The second kappa shape index (κ2) is 5.53.